The summed E-state index contributed by atoms with van der Waals surface area (Å²) in [7, 11) is 2.14. The van der Waals surface area contributed by atoms with Crippen molar-refractivity contribution in [2.45, 2.75) is 13.1 Å². The number of hydrogen-bond acceptors (Lipinski definition) is 2. The second-order valence-electron chi connectivity index (χ2n) is 5.26. The van der Waals surface area contributed by atoms with Crippen LogP contribution >= 0.6 is 15.9 Å². The molecule has 0 aliphatic rings. The number of para-hydroxylation sites is 1. The van der Waals surface area contributed by atoms with E-state index in [2.05, 4.69) is 75.3 Å². The molecule has 2 aromatic carbocycles. The Morgan fingerprint density at radius 2 is 1.62 bits per heavy atom. The van der Waals surface area contributed by atoms with Crippen LogP contribution in [0.5, 0.6) is 0 Å². The standard InChI is InChI=1S/C18H17BrN2/c1-21(12-15-6-2-3-10-17(15)19)13-16-8-4-7-14-9-5-11-20-18(14)16/h2-11H,12-13H2,1H3. The number of benzene rings is 2. The topological polar surface area (TPSA) is 16.1 Å². The Balaban J connectivity index is 1.81. The Kier molecular flexibility index (Phi) is 4.32. The largest absolute Gasteiger partial charge is 0.298 e. The zero-order valence-corrected chi connectivity index (χ0v) is 13.5. The highest BCUT2D eigenvalue weighted by molar-refractivity contribution is 9.10. The second-order valence-corrected chi connectivity index (χ2v) is 6.11. The van der Waals surface area contributed by atoms with Crippen molar-refractivity contribution in [1.29, 1.82) is 0 Å². The molecule has 0 aliphatic heterocycles. The van der Waals surface area contributed by atoms with Gasteiger partial charge in [-0.25, -0.2) is 0 Å². The highest BCUT2D eigenvalue weighted by Crippen LogP contribution is 2.20. The van der Waals surface area contributed by atoms with Crippen molar-refractivity contribution < 1.29 is 0 Å². The van der Waals surface area contributed by atoms with Gasteiger partial charge in [-0.2, -0.15) is 0 Å². The molecule has 106 valence electrons. The van der Waals surface area contributed by atoms with Crippen LogP contribution in [0.1, 0.15) is 11.1 Å². The molecule has 0 fully saturated rings. The Morgan fingerprint density at radius 3 is 2.48 bits per heavy atom. The number of nitrogens with zero attached hydrogens (tertiary/aromatic N) is 2. The Labute approximate surface area is 133 Å². The van der Waals surface area contributed by atoms with Crippen molar-refractivity contribution in [2.75, 3.05) is 7.05 Å². The molecule has 3 rings (SSSR count). The molecule has 0 atom stereocenters. The second kappa shape index (κ2) is 6.37. The van der Waals surface area contributed by atoms with E-state index in [0.29, 0.717) is 0 Å². The third-order valence-electron chi connectivity index (χ3n) is 3.55. The quantitative estimate of drug-likeness (QED) is 0.688. The number of halogens is 1. The van der Waals surface area contributed by atoms with Crippen LogP contribution in [0.15, 0.2) is 65.3 Å². The van der Waals surface area contributed by atoms with Crippen molar-refractivity contribution in [1.82, 2.24) is 9.88 Å². The van der Waals surface area contributed by atoms with Gasteiger partial charge in [0.25, 0.3) is 0 Å². The van der Waals surface area contributed by atoms with Gasteiger partial charge in [0.2, 0.25) is 0 Å². The van der Waals surface area contributed by atoms with Gasteiger partial charge >= 0.3 is 0 Å². The van der Waals surface area contributed by atoms with Gasteiger partial charge in [0.15, 0.2) is 0 Å². The first-order valence-corrected chi connectivity index (χ1v) is 7.78. The average Bonchev–Trinajstić information content (AvgIpc) is 2.50. The van der Waals surface area contributed by atoms with Crippen LogP contribution in [0.3, 0.4) is 0 Å². The normalized spacial score (nSPS) is 11.2. The highest BCUT2D eigenvalue weighted by Gasteiger charge is 2.07. The third-order valence-corrected chi connectivity index (χ3v) is 4.33. The molecule has 0 amide bonds. The summed E-state index contributed by atoms with van der Waals surface area (Å²) in [6.45, 7) is 1.79. The summed E-state index contributed by atoms with van der Waals surface area (Å²) in [5.41, 5.74) is 3.66. The lowest BCUT2D eigenvalue weighted by Crippen LogP contribution is -2.17. The van der Waals surface area contributed by atoms with Gasteiger partial charge in [-0.15, -0.1) is 0 Å². The lowest BCUT2D eigenvalue weighted by Gasteiger charge is -2.18. The van der Waals surface area contributed by atoms with Crippen LogP contribution in [-0.2, 0) is 13.1 Å². The van der Waals surface area contributed by atoms with Crippen molar-refractivity contribution in [3.63, 3.8) is 0 Å². The SMILES string of the molecule is CN(Cc1ccccc1Br)Cc1cccc2cccnc12. The maximum atomic E-state index is 4.52. The van der Waals surface area contributed by atoms with Gasteiger partial charge < -0.3 is 0 Å². The first-order chi connectivity index (χ1) is 10.2. The molecule has 0 unspecified atom stereocenters. The van der Waals surface area contributed by atoms with Crippen molar-refractivity contribution in [3.05, 3.63) is 76.4 Å². The van der Waals surface area contributed by atoms with Gasteiger partial charge in [-0.3, -0.25) is 9.88 Å². The smallest absolute Gasteiger partial charge is 0.0746 e. The molecule has 0 bridgehead atoms. The summed E-state index contributed by atoms with van der Waals surface area (Å²) in [5, 5.41) is 1.20. The number of aromatic nitrogens is 1. The van der Waals surface area contributed by atoms with E-state index in [-0.39, 0.29) is 0 Å². The molecule has 0 N–H and O–H groups in total. The van der Waals surface area contributed by atoms with Crippen molar-refractivity contribution in [3.8, 4) is 0 Å². The maximum Gasteiger partial charge on any atom is 0.0746 e. The summed E-state index contributed by atoms with van der Waals surface area (Å²) in [5.74, 6) is 0. The minimum atomic E-state index is 0.885. The van der Waals surface area contributed by atoms with E-state index < -0.39 is 0 Å². The van der Waals surface area contributed by atoms with Crippen LogP contribution < -0.4 is 0 Å². The van der Waals surface area contributed by atoms with Crippen LogP contribution in [0.25, 0.3) is 10.9 Å². The minimum Gasteiger partial charge on any atom is -0.298 e. The molecule has 0 saturated heterocycles. The minimum absolute atomic E-state index is 0.885. The number of hydrogen-bond donors (Lipinski definition) is 0. The Bertz CT molecular complexity index is 750. The third kappa shape index (κ3) is 3.31. The molecular formula is C18H17BrN2. The number of pyridine rings is 1. The highest BCUT2D eigenvalue weighted by atomic mass is 79.9. The molecule has 3 aromatic rings. The number of rotatable bonds is 4. The molecule has 2 nitrogen and oxygen atoms in total. The van der Waals surface area contributed by atoms with Gasteiger partial charge in [-0.1, -0.05) is 58.4 Å². The molecule has 0 saturated carbocycles. The van der Waals surface area contributed by atoms with Crippen LogP contribution in [-0.4, -0.2) is 16.9 Å². The summed E-state index contributed by atoms with van der Waals surface area (Å²) in [4.78, 5) is 6.83. The van der Waals surface area contributed by atoms with Crippen molar-refractivity contribution >= 4 is 26.8 Å². The lowest BCUT2D eigenvalue weighted by atomic mass is 10.1. The fraction of sp³-hybridized carbons (Fsp3) is 0.167. The summed E-state index contributed by atoms with van der Waals surface area (Å²) >= 11 is 3.61. The maximum absolute atomic E-state index is 4.52. The zero-order valence-electron chi connectivity index (χ0n) is 12.0. The van der Waals surface area contributed by atoms with Gasteiger partial charge in [0, 0.05) is 29.1 Å². The van der Waals surface area contributed by atoms with E-state index >= 15 is 0 Å². The lowest BCUT2D eigenvalue weighted by molar-refractivity contribution is 0.319. The zero-order chi connectivity index (χ0) is 14.7. The number of fused-ring (bicyclic) bond motifs is 1. The molecule has 0 radical (unpaired) electrons. The van der Waals surface area contributed by atoms with Gasteiger partial charge in [0.1, 0.15) is 0 Å². The predicted octanol–water partition coefficient (Wildman–Crippen LogP) is 4.63. The van der Waals surface area contributed by atoms with Gasteiger partial charge in [-0.05, 0) is 30.3 Å². The molecule has 21 heavy (non-hydrogen) atoms. The molecule has 0 spiro atoms. The Morgan fingerprint density at radius 1 is 0.905 bits per heavy atom. The van der Waals surface area contributed by atoms with E-state index in [0.717, 1.165) is 23.1 Å². The van der Waals surface area contributed by atoms with Crippen LogP contribution in [0.4, 0.5) is 0 Å². The van der Waals surface area contributed by atoms with E-state index in [1.54, 1.807) is 0 Å². The van der Waals surface area contributed by atoms with Crippen LogP contribution in [0, 0.1) is 0 Å². The monoisotopic (exact) mass is 340 g/mol. The van der Waals surface area contributed by atoms with Gasteiger partial charge in [0.05, 0.1) is 5.52 Å². The first kappa shape index (κ1) is 14.2. The predicted molar refractivity (Wildman–Crippen MR) is 91.1 cm³/mol. The summed E-state index contributed by atoms with van der Waals surface area (Å²) in [6, 6.07) is 18.8. The van der Waals surface area contributed by atoms with Crippen LogP contribution in [0.2, 0.25) is 0 Å². The van der Waals surface area contributed by atoms with E-state index in [9.17, 15) is 0 Å². The first-order valence-electron chi connectivity index (χ1n) is 6.98. The fourth-order valence-corrected chi connectivity index (χ4v) is 2.97. The molecule has 1 aromatic heterocycles. The summed E-state index contributed by atoms with van der Waals surface area (Å²) < 4.78 is 1.16. The Hall–Kier alpha value is -1.71. The van der Waals surface area contributed by atoms with Crippen molar-refractivity contribution in [2.24, 2.45) is 0 Å². The average molecular weight is 341 g/mol. The molecule has 3 heteroatoms. The molecule has 1 heterocycles. The van der Waals surface area contributed by atoms with E-state index in [4.69, 9.17) is 0 Å². The fourth-order valence-electron chi connectivity index (χ4n) is 2.56. The summed E-state index contributed by atoms with van der Waals surface area (Å²) in [6.07, 6.45) is 1.86. The molecular weight excluding hydrogens is 324 g/mol. The van der Waals surface area contributed by atoms with E-state index in [1.165, 1.54) is 16.5 Å². The molecule has 0 aliphatic carbocycles. The van der Waals surface area contributed by atoms with E-state index in [1.807, 2.05) is 18.3 Å².